The fraction of sp³-hybridized carbons (Fsp3) is 0.364. The lowest BCUT2D eigenvalue weighted by molar-refractivity contribution is -0.137. The molecule has 8 heteroatoms. The van der Waals surface area contributed by atoms with Gasteiger partial charge < -0.3 is 20.2 Å². The van der Waals surface area contributed by atoms with Crippen LogP contribution in [0.2, 0.25) is 0 Å². The van der Waals surface area contributed by atoms with Gasteiger partial charge >= 0.3 is 0 Å². The van der Waals surface area contributed by atoms with Crippen LogP contribution >= 0.6 is 0 Å². The normalized spacial score (nSPS) is 14.9. The Bertz CT molecular complexity index is 878. The van der Waals surface area contributed by atoms with Gasteiger partial charge in [-0.3, -0.25) is 19.4 Å². The highest BCUT2D eigenvalue weighted by atomic mass is 16.3. The maximum absolute atomic E-state index is 12.8. The van der Waals surface area contributed by atoms with Crippen LogP contribution in [0, 0.1) is 0 Å². The summed E-state index contributed by atoms with van der Waals surface area (Å²) in [4.78, 5) is 44.1. The van der Waals surface area contributed by atoms with E-state index in [4.69, 9.17) is 0 Å². The van der Waals surface area contributed by atoms with Crippen LogP contribution in [-0.4, -0.2) is 71.4 Å². The van der Waals surface area contributed by atoms with Crippen molar-refractivity contribution in [2.24, 2.45) is 0 Å². The monoisotopic (exact) mass is 410 g/mol. The third-order valence-corrected chi connectivity index (χ3v) is 5.16. The third kappa shape index (κ3) is 5.42. The SMILES string of the molecule is CC(=O)c1ccc(N2CCN(C(=O)C(CO)NC(=O)Cc3ccncc3)CC2)cc1. The van der Waals surface area contributed by atoms with Gasteiger partial charge in [0.05, 0.1) is 13.0 Å². The van der Waals surface area contributed by atoms with Crippen LogP contribution < -0.4 is 10.2 Å². The molecule has 1 aromatic carbocycles. The molecule has 1 unspecified atom stereocenters. The molecule has 0 spiro atoms. The minimum absolute atomic E-state index is 0.0259. The van der Waals surface area contributed by atoms with E-state index in [0.29, 0.717) is 31.7 Å². The van der Waals surface area contributed by atoms with Crippen molar-refractivity contribution in [2.75, 3.05) is 37.7 Å². The number of amides is 2. The number of pyridine rings is 1. The van der Waals surface area contributed by atoms with Gasteiger partial charge in [-0.2, -0.15) is 0 Å². The summed E-state index contributed by atoms with van der Waals surface area (Å²) in [5, 5.41) is 12.3. The largest absolute Gasteiger partial charge is 0.394 e. The highest BCUT2D eigenvalue weighted by molar-refractivity contribution is 5.94. The number of nitrogens with zero attached hydrogens (tertiary/aromatic N) is 3. The summed E-state index contributed by atoms with van der Waals surface area (Å²) < 4.78 is 0. The number of aliphatic hydroxyl groups is 1. The van der Waals surface area contributed by atoms with Crippen LogP contribution in [0.5, 0.6) is 0 Å². The minimum atomic E-state index is -0.958. The first-order valence-corrected chi connectivity index (χ1v) is 9.92. The first-order valence-electron chi connectivity index (χ1n) is 9.92. The number of carbonyl (C=O) groups excluding carboxylic acids is 3. The van der Waals surface area contributed by atoms with E-state index in [1.54, 1.807) is 41.6 Å². The molecular formula is C22H26N4O4. The molecule has 2 aromatic rings. The molecule has 0 bridgehead atoms. The maximum atomic E-state index is 12.8. The number of anilines is 1. The van der Waals surface area contributed by atoms with Crippen molar-refractivity contribution in [1.29, 1.82) is 0 Å². The van der Waals surface area contributed by atoms with Crippen molar-refractivity contribution < 1.29 is 19.5 Å². The molecule has 1 aliphatic rings. The Balaban J connectivity index is 1.52. The highest BCUT2D eigenvalue weighted by Crippen LogP contribution is 2.18. The molecule has 158 valence electrons. The number of piperazine rings is 1. The van der Waals surface area contributed by atoms with Crippen LogP contribution in [0.1, 0.15) is 22.8 Å². The second-order valence-corrected chi connectivity index (χ2v) is 7.25. The van der Waals surface area contributed by atoms with E-state index < -0.39 is 12.6 Å². The quantitative estimate of drug-likeness (QED) is 0.650. The summed E-state index contributed by atoms with van der Waals surface area (Å²) >= 11 is 0. The van der Waals surface area contributed by atoms with E-state index >= 15 is 0 Å². The number of ketones is 1. The number of nitrogens with one attached hydrogen (secondary N) is 1. The molecule has 2 amide bonds. The predicted molar refractivity (Wildman–Crippen MR) is 112 cm³/mol. The smallest absolute Gasteiger partial charge is 0.247 e. The van der Waals surface area contributed by atoms with Crippen molar-refractivity contribution in [2.45, 2.75) is 19.4 Å². The number of rotatable bonds is 7. The average molecular weight is 410 g/mol. The van der Waals surface area contributed by atoms with E-state index in [1.165, 1.54) is 6.92 Å². The number of hydrogen-bond donors (Lipinski definition) is 2. The lowest BCUT2D eigenvalue weighted by Gasteiger charge is -2.37. The first-order chi connectivity index (χ1) is 14.5. The summed E-state index contributed by atoms with van der Waals surface area (Å²) in [6.45, 7) is 3.33. The molecule has 1 aliphatic heterocycles. The number of Topliss-reactive ketones (excluding diaryl/α,β-unsaturated/α-hetero) is 1. The fourth-order valence-electron chi connectivity index (χ4n) is 3.43. The summed E-state index contributed by atoms with van der Waals surface area (Å²) in [5.41, 5.74) is 2.45. The molecule has 0 saturated carbocycles. The molecule has 8 nitrogen and oxygen atoms in total. The molecule has 3 rings (SSSR count). The number of aromatic nitrogens is 1. The molecule has 0 radical (unpaired) electrons. The van der Waals surface area contributed by atoms with Crippen molar-refractivity contribution in [3.63, 3.8) is 0 Å². The third-order valence-electron chi connectivity index (χ3n) is 5.16. The van der Waals surface area contributed by atoms with Crippen molar-refractivity contribution in [3.05, 3.63) is 59.9 Å². The van der Waals surface area contributed by atoms with Gasteiger partial charge in [-0.05, 0) is 48.9 Å². The second kappa shape index (κ2) is 9.98. The van der Waals surface area contributed by atoms with Crippen LogP contribution in [-0.2, 0) is 16.0 Å². The minimum Gasteiger partial charge on any atom is -0.394 e. The molecule has 1 atom stereocenters. The zero-order valence-corrected chi connectivity index (χ0v) is 17.0. The number of aliphatic hydroxyl groups excluding tert-OH is 1. The van der Waals surface area contributed by atoms with E-state index in [-0.39, 0.29) is 24.0 Å². The highest BCUT2D eigenvalue weighted by Gasteiger charge is 2.28. The van der Waals surface area contributed by atoms with Crippen LogP contribution in [0.4, 0.5) is 5.69 Å². The molecule has 1 fully saturated rings. The lowest BCUT2D eigenvalue weighted by Crippen LogP contribution is -2.56. The topological polar surface area (TPSA) is 103 Å². The van der Waals surface area contributed by atoms with E-state index in [1.807, 2.05) is 12.1 Å². The van der Waals surface area contributed by atoms with Crippen molar-refractivity contribution in [1.82, 2.24) is 15.2 Å². The van der Waals surface area contributed by atoms with Gasteiger partial charge in [-0.1, -0.05) is 0 Å². The summed E-state index contributed by atoms with van der Waals surface area (Å²) in [6.07, 6.45) is 3.32. The fourth-order valence-corrected chi connectivity index (χ4v) is 3.43. The Kier molecular flexibility index (Phi) is 7.13. The summed E-state index contributed by atoms with van der Waals surface area (Å²) in [6, 6.07) is 9.93. The second-order valence-electron chi connectivity index (χ2n) is 7.25. The van der Waals surface area contributed by atoms with Gasteiger partial charge in [0.2, 0.25) is 11.8 Å². The Morgan fingerprint density at radius 2 is 1.67 bits per heavy atom. The molecule has 2 N–H and O–H groups in total. The van der Waals surface area contributed by atoms with Gasteiger partial charge in [-0.15, -0.1) is 0 Å². The summed E-state index contributed by atoms with van der Waals surface area (Å²) in [7, 11) is 0. The van der Waals surface area contributed by atoms with Gasteiger partial charge in [-0.25, -0.2) is 0 Å². The summed E-state index contributed by atoms with van der Waals surface area (Å²) in [5.74, 6) is -0.581. The molecule has 1 aromatic heterocycles. The number of benzene rings is 1. The van der Waals surface area contributed by atoms with Gasteiger partial charge in [0.25, 0.3) is 0 Å². The Morgan fingerprint density at radius 1 is 1.03 bits per heavy atom. The zero-order chi connectivity index (χ0) is 21.5. The van der Waals surface area contributed by atoms with Gasteiger partial charge in [0.15, 0.2) is 5.78 Å². The molecule has 30 heavy (non-hydrogen) atoms. The van der Waals surface area contributed by atoms with Crippen LogP contribution in [0.25, 0.3) is 0 Å². The van der Waals surface area contributed by atoms with Gasteiger partial charge in [0, 0.05) is 49.8 Å². The van der Waals surface area contributed by atoms with Crippen molar-refractivity contribution in [3.8, 4) is 0 Å². The van der Waals surface area contributed by atoms with Crippen LogP contribution in [0.3, 0.4) is 0 Å². The number of hydrogen-bond acceptors (Lipinski definition) is 6. The standard InChI is InChI=1S/C22H26N4O4/c1-16(28)18-2-4-19(5-3-18)25-10-12-26(13-11-25)22(30)20(15-27)24-21(29)14-17-6-8-23-9-7-17/h2-9,20,27H,10-15H2,1H3,(H,24,29). The Hall–Kier alpha value is -3.26. The average Bonchev–Trinajstić information content (AvgIpc) is 2.78. The molecular weight excluding hydrogens is 384 g/mol. The van der Waals surface area contributed by atoms with Crippen LogP contribution in [0.15, 0.2) is 48.8 Å². The zero-order valence-electron chi connectivity index (χ0n) is 17.0. The maximum Gasteiger partial charge on any atom is 0.247 e. The van der Waals surface area contributed by atoms with E-state index in [2.05, 4.69) is 15.2 Å². The number of carbonyl (C=O) groups is 3. The molecule has 1 saturated heterocycles. The van der Waals surface area contributed by atoms with E-state index in [0.717, 1.165) is 11.3 Å². The lowest BCUT2D eigenvalue weighted by atomic mass is 10.1. The first kappa shape index (κ1) is 21.4. The van der Waals surface area contributed by atoms with Gasteiger partial charge in [0.1, 0.15) is 6.04 Å². The molecule has 0 aliphatic carbocycles. The predicted octanol–water partition coefficient (Wildman–Crippen LogP) is 0.653. The Labute approximate surface area is 175 Å². The molecule has 2 heterocycles. The Morgan fingerprint density at radius 3 is 2.23 bits per heavy atom. The van der Waals surface area contributed by atoms with Crippen molar-refractivity contribution >= 4 is 23.3 Å². The van der Waals surface area contributed by atoms with E-state index in [9.17, 15) is 19.5 Å².